The fourth-order valence-corrected chi connectivity index (χ4v) is 3.43. The van der Waals surface area contributed by atoms with Crippen LogP contribution >= 0.6 is 0 Å². The fourth-order valence-electron chi connectivity index (χ4n) is 2.28. The molecule has 0 spiro atoms. The van der Waals surface area contributed by atoms with Gasteiger partial charge in [-0.25, -0.2) is 17.2 Å². The molecular formula is C13H16F2N2O3S. The van der Waals surface area contributed by atoms with E-state index in [-0.39, 0.29) is 31.4 Å². The number of halogens is 2. The summed E-state index contributed by atoms with van der Waals surface area (Å²) in [6.07, 6.45) is 2.14. The summed E-state index contributed by atoms with van der Waals surface area (Å²) in [5.41, 5.74) is 0.452. The van der Waals surface area contributed by atoms with Gasteiger partial charge >= 0.3 is 0 Å². The second kappa shape index (κ2) is 6.05. The van der Waals surface area contributed by atoms with E-state index in [0.29, 0.717) is 5.56 Å². The van der Waals surface area contributed by atoms with Crippen molar-refractivity contribution in [3.05, 3.63) is 30.1 Å². The summed E-state index contributed by atoms with van der Waals surface area (Å²) in [4.78, 5) is 15.7. The smallest absolute Gasteiger partial charge is 0.248 e. The molecule has 1 aromatic rings. The second-order valence-corrected chi connectivity index (χ2v) is 6.94. The van der Waals surface area contributed by atoms with Crippen molar-refractivity contribution in [2.75, 3.05) is 0 Å². The van der Waals surface area contributed by atoms with Gasteiger partial charge < -0.3 is 0 Å². The molecule has 21 heavy (non-hydrogen) atoms. The lowest BCUT2D eigenvalue weighted by Gasteiger charge is -2.27. The van der Waals surface area contributed by atoms with Crippen LogP contribution in [-0.4, -0.2) is 25.2 Å². The first-order valence-electron chi connectivity index (χ1n) is 6.58. The summed E-state index contributed by atoms with van der Waals surface area (Å²) >= 11 is 0. The number of hydrogen-bond donors (Lipinski definition) is 1. The Morgan fingerprint density at radius 3 is 2.62 bits per heavy atom. The standard InChI is InChI=1S/C13H16F2N2O3S/c14-13(15)5-3-11(4-6-13)12(18)17-21(19,20)9-10-2-1-7-16-8-10/h1-2,7-8,11H,3-6,9H2,(H,17,18). The van der Waals surface area contributed by atoms with E-state index in [9.17, 15) is 22.0 Å². The zero-order valence-corrected chi connectivity index (χ0v) is 12.1. The molecule has 1 saturated carbocycles. The van der Waals surface area contributed by atoms with Gasteiger partial charge in [0.05, 0.1) is 5.75 Å². The molecule has 1 aliphatic rings. The molecule has 116 valence electrons. The normalized spacial score (nSPS) is 19.1. The van der Waals surface area contributed by atoms with E-state index in [1.807, 2.05) is 4.72 Å². The SMILES string of the molecule is O=C(NS(=O)(=O)Cc1cccnc1)C1CCC(F)(F)CC1. The average Bonchev–Trinajstić information content (AvgIpc) is 2.38. The maximum atomic E-state index is 13.0. The first-order chi connectivity index (χ1) is 9.77. The Kier molecular flexibility index (Phi) is 4.55. The number of pyridine rings is 1. The molecular weight excluding hydrogens is 302 g/mol. The molecule has 1 N–H and O–H groups in total. The monoisotopic (exact) mass is 318 g/mol. The van der Waals surface area contributed by atoms with Crippen LogP contribution in [0.3, 0.4) is 0 Å². The molecule has 0 saturated heterocycles. The highest BCUT2D eigenvalue weighted by Gasteiger charge is 2.38. The van der Waals surface area contributed by atoms with Gasteiger partial charge in [-0.2, -0.15) is 0 Å². The molecule has 1 fully saturated rings. The number of hydrogen-bond acceptors (Lipinski definition) is 4. The predicted octanol–water partition coefficient (Wildman–Crippen LogP) is 1.85. The second-order valence-electron chi connectivity index (χ2n) is 5.22. The van der Waals surface area contributed by atoms with Crippen molar-refractivity contribution in [2.45, 2.75) is 37.4 Å². The van der Waals surface area contributed by atoms with Crippen LogP contribution in [0.1, 0.15) is 31.2 Å². The van der Waals surface area contributed by atoms with Gasteiger partial charge in [0.1, 0.15) is 0 Å². The molecule has 1 heterocycles. The quantitative estimate of drug-likeness (QED) is 0.919. The molecule has 0 unspecified atom stereocenters. The van der Waals surface area contributed by atoms with Crippen molar-refractivity contribution < 1.29 is 22.0 Å². The molecule has 0 aliphatic heterocycles. The van der Waals surface area contributed by atoms with Crippen molar-refractivity contribution >= 4 is 15.9 Å². The number of amides is 1. The summed E-state index contributed by atoms with van der Waals surface area (Å²) in [6.45, 7) is 0. The number of nitrogens with zero attached hydrogens (tertiary/aromatic N) is 1. The maximum Gasteiger partial charge on any atom is 0.248 e. The van der Waals surface area contributed by atoms with Gasteiger partial charge in [-0.3, -0.25) is 14.5 Å². The molecule has 0 atom stereocenters. The lowest BCUT2D eigenvalue weighted by Crippen LogP contribution is -2.39. The number of rotatable bonds is 4. The molecule has 2 rings (SSSR count). The Hall–Kier alpha value is -1.57. The van der Waals surface area contributed by atoms with E-state index < -0.39 is 27.8 Å². The lowest BCUT2D eigenvalue weighted by atomic mass is 9.86. The Labute approximate surface area is 121 Å². The van der Waals surface area contributed by atoms with Crippen LogP contribution in [0, 0.1) is 5.92 Å². The number of carbonyl (C=O) groups excluding carboxylic acids is 1. The topological polar surface area (TPSA) is 76.1 Å². The van der Waals surface area contributed by atoms with E-state index in [4.69, 9.17) is 0 Å². The van der Waals surface area contributed by atoms with E-state index >= 15 is 0 Å². The Balaban J connectivity index is 1.93. The van der Waals surface area contributed by atoms with Crippen LogP contribution in [0.15, 0.2) is 24.5 Å². The largest absolute Gasteiger partial charge is 0.274 e. The summed E-state index contributed by atoms with van der Waals surface area (Å²) < 4.78 is 51.7. The van der Waals surface area contributed by atoms with Gasteiger partial charge in [0.25, 0.3) is 0 Å². The van der Waals surface area contributed by atoms with Crippen LogP contribution in [0.4, 0.5) is 8.78 Å². The third kappa shape index (κ3) is 4.73. The third-order valence-corrected chi connectivity index (χ3v) is 4.65. The highest BCUT2D eigenvalue weighted by molar-refractivity contribution is 7.89. The van der Waals surface area contributed by atoms with Crippen LogP contribution < -0.4 is 4.72 Å². The number of alkyl halides is 2. The van der Waals surface area contributed by atoms with Gasteiger partial charge in [0.15, 0.2) is 0 Å². The average molecular weight is 318 g/mol. The molecule has 0 aromatic carbocycles. The molecule has 1 aromatic heterocycles. The summed E-state index contributed by atoms with van der Waals surface area (Å²) in [5.74, 6) is -4.48. The maximum absolute atomic E-state index is 13.0. The van der Waals surface area contributed by atoms with Gasteiger partial charge in [-0.15, -0.1) is 0 Å². The lowest BCUT2D eigenvalue weighted by molar-refractivity contribution is -0.127. The van der Waals surface area contributed by atoms with Gasteiger partial charge in [0, 0.05) is 31.2 Å². The highest BCUT2D eigenvalue weighted by Crippen LogP contribution is 2.36. The number of nitrogens with one attached hydrogen (secondary N) is 1. The fraction of sp³-hybridized carbons (Fsp3) is 0.538. The molecule has 1 aliphatic carbocycles. The predicted molar refractivity (Wildman–Crippen MR) is 71.9 cm³/mol. The summed E-state index contributed by atoms with van der Waals surface area (Å²) in [5, 5.41) is 0. The third-order valence-electron chi connectivity index (χ3n) is 3.42. The van der Waals surface area contributed by atoms with E-state index in [2.05, 4.69) is 4.98 Å². The van der Waals surface area contributed by atoms with Crippen molar-refractivity contribution in [1.82, 2.24) is 9.71 Å². The Morgan fingerprint density at radius 1 is 1.38 bits per heavy atom. The molecule has 1 amide bonds. The van der Waals surface area contributed by atoms with Crippen LogP contribution in [0.2, 0.25) is 0 Å². The first kappa shape index (κ1) is 15.8. The van der Waals surface area contributed by atoms with Gasteiger partial charge in [-0.1, -0.05) is 6.07 Å². The minimum absolute atomic E-state index is 0.00124. The van der Waals surface area contributed by atoms with Crippen LogP contribution in [0.5, 0.6) is 0 Å². The highest BCUT2D eigenvalue weighted by atomic mass is 32.2. The summed E-state index contributed by atoms with van der Waals surface area (Å²) in [6, 6.07) is 3.17. The van der Waals surface area contributed by atoms with Gasteiger partial charge in [-0.05, 0) is 24.5 Å². The van der Waals surface area contributed by atoms with Crippen molar-refractivity contribution in [1.29, 1.82) is 0 Å². The van der Waals surface area contributed by atoms with E-state index in [1.165, 1.54) is 12.4 Å². The molecule has 8 heteroatoms. The van der Waals surface area contributed by atoms with Crippen molar-refractivity contribution in [3.8, 4) is 0 Å². The van der Waals surface area contributed by atoms with Crippen LogP contribution in [0.25, 0.3) is 0 Å². The molecule has 0 bridgehead atoms. The number of sulfonamides is 1. The number of carbonyl (C=O) groups is 1. The Bertz CT molecular complexity index is 595. The van der Waals surface area contributed by atoms with Crippen LogP contribution in [-0.2, 0) is 20.6 Å². The first-order valence-corrected chi connectivity index (χ1v) is 8.24. The minimum Gasteiger partial charge on any atom is -0.274 e. The van der Waals surface area contributed by atoms with Gasteiger partial charge in [0.2, 0.25) is 21.9 Å². The molecule has 5 nitrogen and oxygen atoms in total. The number of aromatic nitrogens is 1. The Morgan fingerprint density at radius 2 is 2.05 bits per heavy atom. The zero-order valence-electron chi connectivity index (χ0n) is 11.3. The van der Waals surface area contributed by atoms with E-state index in [1.54, 1.807) is 12.1 Å². The minimum atomic E-state index is -3.84. The van der Waals surface area contributed by atoms with Crippen molar-refractivity contribution in [2.24, 2.45) is 5.92 Å². The summed E-state index contributed by atoms with van der Waals surface area (Å²) in [7, 11) is -3.84. The molecule has 0 radical (unpaired) electrons. The van der Waals surface area contributed by atoms with Crippen molar-refractivity contribution in [3.63, 3.8) is 0 Å². The van der Waals surface area contributed by atoms with E-state index in [0.717, 1.165) is 0 Å². The zero-order chi connectivity index (χ0) is 15.5.